The van der Waals surface area contributed by atoms with Crippen molar-refractivity contribution in [3.05, 3.63) is 52.2 Å². The summed E-state index contributed by atoms with van der Waals surface area (Å²) in [7, 11) is 1.48. The third-order valence-electron chi connectivity index (χ3n) is 5.97. The second kappa shape index (κ2) is 9.96. The summed E-state index contributed by atoms with van der Waals surface area (Å²) in [6.45, 7) is 3.92. The molecule has 0 radical (unpaired) electrons. The molecule has 11 nitrogen and oxygen atoms in total. The third kappa shape index (κ3) is 4.74. The van der Waals surface area contributed by atoms with Crippen LogP contribution in [0.5, 0.6) is 5.75 Å². The van der Waals surface area contributed by atoms with Crippen molar-refractivity contribution >= 4 is 23.7 Å². The quantitative estimate of drug-likeness (QED) is 0.270. The second-order valence-corrected chi connectivity index (χ2v) is 8.14. The van der Waals surface area contributed by atoms with Gasteiger partial charge in [0.15, 0.2) is 0 Å². The van der Waals surface area contributed by atoms with Crippen LogP contribution >= 0.6 is 0 Å². The van der Waals surface area contributed by atoms with E-state index in [-0.39, 0.29) is 18.2 Å². The van der Waals surface area contributed by atoms with Gasteiger partial charge in [0.25, 0.3) is 0 Å². The number of aromatic nitrogens is 1. The van der Waals surface area contributed by atoms with Crippen LogP contribution in [0.2, 0.25) is 0 Å². The Bertz CT molecular complexity index is 1190. The number of ether oxygens (including phenoxy) is 2. The summed E-state index contributed by atoms with van der Waals surface area (Å²) in [6, 6.07) is 7.30. The van der Waals surface area contributed by atoms with Crippen molar-refractivity contribution in [3.63, 3.8) is 0 Å². The first-order chi connectivity index (χ1) is 16.4. The minimum Gasteiger partial charge on any atom is -0.495 e. The van der Waals surface area contributed by atoms with E-state index in [0.29, 0.717) is 54.6 Å². The Morgan fingerprint density at radius 3 is 3.09 bits per heavy atom. The molecule has 5 N–H and O–H groups in total. The van der Waals surface area contributed by atoms with Gasteiger partial charge in [0.05, 0.1) is 30.7 Å². The Morgan fingerprint density at radius 2 is 2.35 bits per heavy atom. The molecule has 2 atom stereocenters. The molecule has 0 aliphatic carbocycles. The summed E-state index contributed by atoms with van der Waals surface area (Å²) in [5.74, 6) is 0.503. The number of pyridine rings is 1. The number of nitrogens with zero attached hydrogens (tertiary/aromatic N) is 4. The zero-order valence-electron chi connectivity index (χ0n) is 19.0. The van der Waals surface area contributed by atoms with Gasteiger partial charge in [0.2, 0.25) is 0 Å². The summed E-state index contributed by atoms with van der Waals surface area (Å²) >= 11 is 0. The van der Waals surface area contributed by atoms with Gasteiger partial charge in [-0.3, -0.25) is 15.6 Å². The molecule has 0 saturated carbocycles. The van der Waals surface area contributed by atoms with Gasteiger partial charge >= 0.3 is 5.97 Å². The minimum atomic E-state index is -0.284. The molecule has 0 bridgehead atoms. The van der Waals surface area contributed by atoms with Crippen molar-refractivity contribution in [2.75, 3.05) is 32.2 Å². The fourth-order valence-corrected chi connectivity index (χ4v) is 4.26. The van der Waals surface area contributed by atoms with E-state index in [1.165, 1.54) is 19.5 Å². The standard InChI is InChI=1S/C23H26N8O3/c1-13-16(3-4-17-18(13)12-34-23(17)32)19-10-31(11-21(26)28-19)9-15(7-25)29-30-22-5-20(33-2)14(6-24)8-27-22/h3-5,7-8,19,21,25,28H,9-12,26H2,1-2H3,(H,27,30)/b25-7?,29-15+/t19-,21+/m0/s1. The highest BCUT2D eigenvalue weighted by molar-refractivity contribution is 6.30. The Kier molecular flexibility index (Phi) is 6.83. The van der Waals surface area contributed by atoms with E-state index in [9.17, 15) is 4.79 Å². The van der Waals surface area contributed by atoms with Crippen LogP contribution in [0.25, 0.3) is 0 Å². The van der Waals surface area contributed by atoms with Crippen LogP contribution < -0.4 is 21.2 Å². The molecular weight excluding hydrogens is 436 g/mol. The molecule has 1 saturated heterocycles. The van der Waals surface area contributed by atoms with Crippen molar-refractivity contribution < 1.29 is 14.3 Å². The molecule has 176 valence electrons. The number of nitrogens with one attached hydrogen (secondary N) is 3. The zero-order chi connectivity index (χ0) is 24.2. The Balaban J connectivity index is 1.47. The van der Waals surface area contributed by atoms with E-state index in [1.807, 2.05) is 25.1 Å². The third-order valence-corrected chi connectivity index (χ3v) is 5.97. The highest BCUT2D eigenvalue weighted by atomic mass is 16.5. The fraction of sp³-hybridized carbons (Fsp3) is 0.348. The monoisotopic (exact) mass is 462 g/mol. The maximum atomic E-state index is 11.9. The molecule has 0 unspecified atom stereocenters. The van der Waals surface area contributed by atoms with Gasteiger partial charge < -0.3 is 20.6 Å². The van der Waals surface area contributed by atoms with E-state index < -0.39 is 0 Å². The Hall–Kier alpha value is -3.85. The van der Waals surface area contributed by atoms with Gasteiger partial charge in [-0.15, -0.1) is 0 Å². The van der Waals surface area contributed by atoms with Crippen molar-refractivity contribution in [1.29, 1.82) is 10.7 Å². The predicted octanol–water partition coefficient (Wildman–Crippen LogP) is 1.29. The van der Waals surface area contributed by atoms with Gasteiger partial charge in [0.1, 0.15) is 29.8 Å². The van der Waals surface area contributed by atoms with Gasteiger partial charge in [-0.2, -0.15) is 10.4 Å². The number of hydrazone groups is 1. The van der Waals surface area contributed by atoms with E-state index >= 15 is 0 Å². The molecule has 2 aromatic rings. The number of cyclic esters (lactones) is 1. The molecule has 11 heteroatoms. The first-order valence-corrected chi connectivity index (χ1v) is 10.7. The fourth-order valence-electron chi connectivity index (χ4n) is 4.26. The van der Waals surface area contributed by atoms with Crippen molar-refractivity contribution in [3.8, 4) is 11.8 Å². The van der Waals surface area contributed by atoms with Gasteiger partial charge in [0, 0.05) is 43.5 Å². The smallest absolute Gasteiger partial charge is 0.338 e. The minimum absolute atomic E-state index is 0.0471. The number of benzene rings is 1. The zero-order valence-corrected chi connectivity index (χ0v) is 19.0. The predicted molar refractivity (Wildman–Crippen MR) is 126 cm³/mol. The van der Waals surface area contributed by atoms with Crippen LogP contribution in [-0.4, -0.2) is 60.7 Å². The maximum Gasteiger partial charge on any atom is 0.338 e. The number of methoxy groups -OCH3 is 1. The summed E-state index contributed by atoms with van der Waals surface area (Å²) in [5.41, 5.74) is 13.6. The highest BCUT2D eigenvalue weighted by Crippen LogP contribution is 2.30. The lowest BCUT2D eigenvalue weighted by molar-refractivity contribution is 0.0535. The number of nitrogens with two attached hydrogens (primary N) is 1. The van der Waals surface area contributed by atoms with E-state index in [1.54, 1.807) is 6.07 Å². The number of fused-ring (bicyclic) bond motifs is 1. The lowest BCUT2D eigenvalue weighted by Gasteiger charge is -2.38. The topological polar surface area (TPSA) is 162 Å². The number of carbonyl (C=O) groups excluding carboxylic acids is 1. The normalized spacial score (nSPS) is 20.3. The first kappa shape index (κ1) is 23.3. The van der Waals surface area contributed by atoms with Gasteiger partial charge in [-0.25, -0.2) is 9.78 Å². The van der Waals surface area contributed by atoms with Gasteiger partial charge in [-0.1, -0.05) is 6.07 Å². The van der Waals surface area contributed by atoms with Crippen LogP contribution in [0.4, 0.5) is 5.82 Å². The van der Waals surface area contributed by atoms with Crippen molar-refractivity contribution in [2.24, 2.45) is 10.8 Å². The van der Waals surface area contributed by atoms with Crippen LogP contribution in [-0.2, 0) is 11.3 Å². The summed E-state index contributed by atoms with van der Waals surface area (Å²) in [4.78, 5) is 18.1. The SMILES string of the molecule is COc1cc(N/N=C(\C=N)CN2C[C@@H](c3ccc4c(c3C)COC4=O)N[C@@H](N)C2)ncc1C#N. The van der Waals surface area contributed by atoms with Gasteiger partial charge in [-0.05, 0) is 24.1 Å². The van der Waals surface area contributed by atoms with E-state index in [2.05, 4.69) is 25.7 Å². The number of carbonyl (C=O) groups is 1. The molecule has 0 amide bonds. The molecule has 34 heavy (non-hydrogen) atoms. The number of esters is 1. The number of piperazine rings is 1. The molecule has 4 rings (SSSR count). The molecule has 3 heterocycles. The Morgan fingerprint density at radius 1 is 1.53 bits per heavy atom. The number of hydrogen-bond donors (Lipinski definition) is 4. The van der Waals surface area contributed by atoms with Crippen LogP contribution in [0.3, 0.4) is 0 Å². The second-order valence-electron chi connectivity index (χ2n) is 8.14. The lowest BCUT2D eigenvalue weighted by Crippen LogP contribution is -2.57. The molecule has 0 spiro atoms. The van der Waals surface area contributed by atoms with Crippen LogP contribution in [0.15, 0.2) is 29.5 Å². The van der Waals surface area contributed by atoms with Crippen molar-refractivity contribution in [1.82, 2.24) is 15.2 Å². The number of hydrogen-bond acceptors (Lipinski definition) is 11. The molecule has 2 aliphatic rings. The summed E-state index contributed by atoms with van der Waals surface area (Å²) in [5, 5.41) is 24.6. The summed E-state index contributed by atoms with van der Waals surface area (Å²) in [6.07, 6.45) is 2.31. The summed E-state index contributed by atoms with van der Waals surface area (Å²) < 4.78 is 10.4. The number of rotatable bonds is 7. The highest BCUT2D eigenvalue weighted by Gasteiger charge is 2.30. The lowest BCUT2D eigenvalue weighted by atomic mass is 9.93. The van der Waals surface area contributed by atoms with Crippen LogP contribution in [0, 0.1) is 23.7 Å². The van der Waals surface area contributed by atoms with Crippen molar-refractivity contribution in [2.45, 2.75) is 25.7 Å². The average molecular weight is 463 g/mol. The number of nitriles is 1. The maximum absolute atomic E-state index is 11.9. The average Bonchev–Trinajstić information content (AvgIpc) is 3.22. The largest absolute Gasteiger partial charge is 0.495 e. The molecule has 2 aliphatic heterocycles. The molecule has 1 aromatic carbocycles. The first-order valence-electron chi connectivity index (χ1n) is 10.7. The molecular formula is C23H26N8O3. The van der Waals surface area contributed by atoms with Crippen LogP contribution in [0.1, 0.15) is 38.7 Å². The molecule has 1 aromatic heterocycles. The van der Waals surface area contributed by atoms with E-state index in [0.717, 1.165) is 16.7 Å². The molecule has 1 fully saturated rings. The number of anilines is 1. The van der Waals surface area contributed by atoms with E-state index in [4.69, 9.17) is 25.9 Å². The Labute approximate surface area is 197 Å².